The van der Waals surface area contributed by atoms with Gasteiger partial charge in [0.1, 0.15) is 0 Å². The van der Waals surface area contributed by atoms with E-state index in [1.54, 1.807) is 0 Å². The van der Waals surface area contributed by atoms with E-state index in [9.17, 15) is 4.79 Å². The van der Waals surface area contributed by atoms with Crippen LogP contribution < -0.4 is 5.32 Å². The molecule has 0 radical (unpaired) electrons. The number of aliphatic hydroxyl groups is 1. The van der Waals surface area contributed by atoms with Crippen molar-refractivity contribution in [1.82, 2.24) is 10.2 Å². The van der Waals surface area contributed by atoms with E-state index in [-0.39, 0.29) is 12.0 Å². The van der Waals surface area contributed by atoms with Crippen molar-refractivity contribution in [2.75, 3.05) is 26.2 Å². The molecule has 0 bridgehead atoms. The highest BCUT2D eigenvalue weighted by atomic mass is 16.4. The van der Waals surface area contributed by atoms with Crippen molar-refractivity contribution in [1.29, 1.82) is 0 Å². The quantitative estimate of drug-likeness (QED) is 0.643. The number of hydrogen-bond acceptors (Lipinski definition) is 3. The van der Waals surface area contributed by atoms with Crippen molar-refractivity contribution in [3.8, 4) is 0 Å². The summed E-state index contributed by atoms with van der Waals surface area (Å²) in [4.78, 5) is 12.3. The van der Waals surface area contributed by atoms with E-state index in [2.05, 4.69) is 5.32 Å². The van der Waals surface area contributed by atoms with Crippen LogP contribution in [-0.2, 0) is 0 Å². The fourth-order valence-corrected chi connectivity index (χ4v) is 2.94. The second kappa shape index (κ2) is 4.59. The molecule has 2 fully saturated rings. The monoisotopic (exact) mass is 228 g/mol. The van der Waals surface area contributed by atoms with Crippen molar-refractivity contribution in [3.63, 3.8) is 0 Å². The fraction of sp³-hybridized carbons (Fsp3) is 0.909. The number of aliphatic hydroxyl groups excluding tert-OH is 1. The summed E-state index contributed by atoms with van der Waals surface area (Å²) in [6.07, 6.45) is 3.00. The Morgan fingerprint density at radius 1 is 1.44 bits per heavy atom. The lowest BCUT2D eigenvalue weighted by molar-refractivity contribution is 0.0963. The lowest BCUT2D eigenvalue weighted by Gasteiger charge is -2.37. The molecule has 2 aliphatic rings. The van der Waals surface area contributed by atoms with Crippen molar-refractivity contribution < 1.29 is 15.0 Å². The van der Waals surface area contributed by atoms with Crippen LogP contribution in [0.2, 0.25) is 0 Å². The molecule has 0 aromatic rings. The van der Waals surface area contributed by atoms with Crippen molar-refractivity contribution in [2.45, 2.75) is 31.7 Å². The summed E-state index contributed by atoms with van der Waals surface area (Å²) in [5.74, 6) is 0. The molecule has 16 heavy (non-hydrogen) atoms. The molecule has 0 aromatic carbocycles. The highest BCUT2D eigenvalue weighted by molar-refractivity contribution is 5.65. The maximum absolute atomic E-state index is 10.8. The van der Waals surface area contributed by atoms with Crippen LogP contribution in [0.3, 0.4) is 0 Å². The Bertz CT molecular complexity index is 262. The van der Waals surface area contributed by atoms with Gasteiger partial charge in [-0.1, -0.05) is 0 Å². The molecule has 1 atom stereocenters. The molecular weight excluding hydrogens is 208 g/mol. The maximum Gasteiger partial charge on any atom is 0.407 e. The van der Waals surface area contributed by atoms with Gasteiger partial charge in [-0.05, 0) is 31.1 Å². The third kappa shape index (κ3) is 2.30. The first kappa shape index (κ1) is 11.7. The number of nitrogens with one attached hydrogen (secondary N) is 1. The van der Waals surface area contributed by atoms with Crippen LogP contribution in [-0.4, -0.2) is 53.5 Å². The first-order chi connectivity index (χ1) is 7.65. The van der Waals surface area contributed by atoms with Crippen molar-refractivity contribution >= 4 is 6.09 Å². The van der Waals surface area contributed by atoms with Crippen LogP contribution in [0.1, 0.15) is 25.7 Å². The van der Waals surface area contributed by atoms with Crippen LogP contribution in [0.15, 0.2) is 0 Å². The van der Waals surface area contributed by atoms with E-state index in [1.807, 2.05) is 0 Å². The highest BCUT2D eigenvalue weighted by Crippen LogP contribution is 2.39. The molecule has 0 saturated carbocycles. The van der Waals surface area contributed by atoms with Gasteiger partial charge in [0.05, 0.1) is 0 Å². The first-order valence-electron chi connectivity index (χ1n) is 5.97. The smallest absolute Gasteiger partial charge is 0.407 e. The predicted octanol–water partition coefficient (Wildman–Crippen LogP) is 0.491. The molecule has 5 nitrogen and oxygen atoms in total. The minimum Gasteiger partial charge on any atom is -0.465 e. The van der Waals surface area contributed by atoms with Gasteiger partial charge in [-0.3, -0.25) is 0 Å². The van der Waals surface area contributed by atoms with Gasteiger partial charge in [0.25, 0.3) is 0 Å². The normalized spacial score (nSPS) is 28.6. The summed E-state index contributed by atoms with van der Waals surface area (Å²) < 4.78 is 0. The van der Waals surface area contributed by atoms with Gasteiger partial charge in [-0.15, -0.1) is 0 Å². The Labute approximate surface area is 95.4 Å². The molecule has 2 rings (SSSR count). The Kier molecular flexibility index (Phi) is 3.35. The summed E-state index contributed by atoms with van der Waals surface area (Å²) in [5.41, 5.74) is 0.284. The number of amides is 1. The zero-order valence-electron chi connectivity index (χ0n) is 9.48. The number of carboxylic acid groups (broad SMARTS) is 1. The lowest BCUT2D eigenvalue weighted by atomic mass is 9.76. The number of hydrogen-bond donors (Lipinski definition) is 3. The van der Waals surface area contributed by atoms with Crippen LogP contribution in [0.25, 0.3) is 0 Å². The molecule has 5 heteroatoms. The van der Waals surface area contributed by atoms with Gasteiger partial charge in [0, 0.05) is 32.3 Å². The zero-order chi connectivity index (χ0) is 11.6. The molecule has 1 spiro atoms. The summed E-state index contributed by atoms with van der Waals surface area (Å²) in [5, 5.41) is 21.2. The minimum atomic E-state index is -0.798. The Hall–Kier alpha value is -0.810. The average molecular weight is 228 g/mol. The first-order valence-corrected chi connectivity index (χ1v) is 5.97. The van der Waals surface area contributed by atoms with E-state index >= 15 is 0 Å². The standard InChI is InChI=1S/C11H20N2O3/c14-6-1-9-7-11(8-12-9)2-4-13(5-3-11)10(15)16/h9,12,14H,1-8H2,(H,15,16)/t9-/m0/s1. The molecule has 0 unspecified atom stereocenters. The number of piperidine rings is 1. The van der Waals surface area contributed by atoms with Crippen molar-refractivity contribution in [3.05, 3.63) is 0 Å². The third-order valence-corrected chi connectivity index (χ3v) is 4.02. The molecule has 2 saturated heterocycles. The summed E-state index contributed by atoms with van der Waals surface area (Å²) in [7, 11) is 0. The zero-order valence-corrected chi connectivity index (χ0v) is 9.48. The molecule has 0 aliphatic carbocycles. The van der Waals surface area contributed by atoms with Crippen LogP contribution in [0, 0.1) is 5.41 Å². The van der Waals surface area contributed by atoms with E-state index < -0.39 is 6.09 Å². The second-order valence-electron chi connectivity index (χ2n) is 5.06. The van der Waals surface area contributed by atoms with Gasteiger partial charge in [0.2, 0.25) is 0 Å². The van der Waals surface area contributed by atoms with Gasteiger partial charge in [-0.2, -0.15) is 0 Å². The average Bonchev–Trinajstić information content (AvgIpc) is 2.63. The predicted molar refractivity (Wildman–Crippen MR) is 59.4 cm³/mol. The molecule has 2 aliphatic heterocycles. The maximum atomic E-state index is 10.8. The fourth-order valence-electron chi connectivity index (χ4n) is 2.94. The largest absolute Gasteiger partial charge is 0.465 e. The molecular formula is C11H20N2O3. The molecule has 0 aromatic heterocycles. The van der Waals surface area contributed by atoms with E-state index in [0.717, 1.165) is 32.2 Å². The molecule has 3 N–H and O–H groups in total. The van der Waals surface area contributed by atoms with Gasteiger partial charge in [0.15, 0.2) is 0 Å². The van der Waals surface area contributed by atoms with Crippen LogP contribution >= 0.6 is 0 Å². The number of nitrogens with zero attached hydrogens (tertiary/aromatic N) is 1. The third-order valence-electron chi connectivity index (χ3n) is 4.02. The Balaban J connectivity index is 1.86. The Morgan fingerprint density at radius 3 is 2.69 bits per heavy atom. The van der Waals surface area contributed by atoms with Crippen molar-refractivity contribution in [2.24, 2.45) is 5.41 Å². The highest BCUT2D eigenvalue weighted by Gasteiger charge is 2.41. The van der Waals surface area contributed by atoms with Crippen LogP contribution in [0.5, 0.6) is 0 Å². The SMILES string of the molecule is O=C(O)N1CCC2(CC1)CN[C@@H](CCO)C2. The summed E-state index contributed by atoms with van der Waals surface area (Å²) in [6.45, 7) is 2.52. The molecule has 92 valence electrons. The van der Waals surface area contributed by atoms with E-state index in [0.29, 0.717) is 19.1 Å². The summed E-state index contributed by atoms with van der Waals surface area (Å²) in [6, 6.07) is 0.418. The van der Waals surface area contributed by atoms with Crippen LogP contribution in [0.4, 0.5) is 4.79 Å². The lowest BCUT2D eigenvalue weighted by Crippen LogP contribution is -2.43. The molecule has 1 amide bonds. The second-order valence-corrected chi connectivity index (χ2v) is 5.06. The van der Waals surface area contributed by atoms with E-state index in [4.69, 9.17) is 10.2 Å². The summed E-state index contributed by atoms with van der Waals surface area (Å²) >= 11 is 0. The van der Waals surface area contributed by atoms with Gasteiger partial charge >= 0.3 is 6.09 Å². The van der Waals surface area contributed by atoms with Gasteiger partial charge in [-0.25, -0.2) is 4.79 Å². The number of likely N-dealkylation sites (tertiary alicyclic amines) is 1. The van der Waals surface area contributed by atoms with E-state index in [1.165, 1.54) is 4.90 Å². The molecule has 2 heterocycles. The topological polar surface area (TPSA) is 72.8 Å². The number of rotatable bonds is 2. The minimum absolute atomic E-state index is 0.231. The Morgan fingerprint density at radius 2 is 2.12 bits per heavy atom. The number of carbonyl (C=O) groups is 1. The van der Waals surface area contributed by atoms with Gasteiger partial charge < -0.3 is 20.4 Å².